The van der Waals surface area contributed by atoms with Gasteiger partial charge >= 0.3 is 5.97 Å². The second-order valence-electron chi connectivity index (χ2n) is 5.31. The molecule has 0 aliphatic rings. The highest BCUT2D eigenvalue weighted by Gasteiger charge is 2.16. The van der Waals surface area contributed by atoms with Gasteiger partial charge in [-0.3, -0.25) is 0 Å². The normalized spacial score (nSPS) is 10.5. The van der Waals surface area contributed by atoms with Gasteiger partial charge < -0.3 is 19.3 Å². The third-order valence-electron chi connectivity index (χ3n) is 3.93. The van der Waals surface area contributed by atoms with Crippen LogP contribution in [0.2, 0.25) is 0 Å². The molecule has 0 bridgehead atoms. The molecule has 1 heterocycles. The van der Waals surface area contributed by atoms with E-state index >= 15 is 0 Å². The zero-order valence-electron chi connectivity index (χ0n) is 14.1. The highest BCUT2D eigenvalue weighted by molar-refractivity contribution is 6.04. The fourth-order valence-electron chi connectivity index (χ4n) is 2.64. The quantitative estimate of drug-likeness (QED) is 0.765. The Morgan fingerprint density at radius 2 is 1.56 bits per heavy atom. The predicted octanol–water partition coefficient (Wildman–Crippen LogP) is 3.63. The molecule has 3 aromatic rings. The van der Waals surface area contributed by atoms with Gasteiger partial charge in [-0.05, 0) is 36.4 Å². The lowest BCUT2D eigenvalue weighted by Gasteiger charge is -2.12. The Kier molecular flexibility index (Phi) is 4.43. The van der Waals surface area contributed by atoms with E-state index in [0.717, 1.165) is 11.3 Å². The summed E-state index contributed by atoms with van der Waals surface area (Å²) in [5.41, 5.74) is 2.01. The van der Waals surface area contributed by atoms with Crippen molar-refractivity contribution < 1.29 is 24.1 Å². The minimum atomic E-state index is -1.03. The van der Waals surface area contributed by atoms with Crippen LogP contribution in [0.5, 0.6) is 17.2 Å². The molecule has 25 heavy (non-hydrogen) atoms. The summed E-state index contributed by atoms with van der Waals surface area (Å²) in [6, 6.07) is 12.1. The largest absolute Gasteiger partial charge is 0.497 e. The van der Waals surface area contributed by atoms with Crippen LogP contribution in [-0.4, -0.2) is 37.4 Å². The van der Waals surface area contributed by atoms with E-state index in [-0.39, 0.29) is 5.56 Å². The Labute approximate surface area is 144 Å². The summed E-state index contributed by atoms with van der Waals surface area (Å²) in [6.45, 7) is 0. The van der Waals surface area contributed by atoms with Gasteiger partial charge in [0.15, 0.2) is 11.5 Å². The summed E-state index contributed by atoms with van der Waals surface area (Å²) in [6.07, 6.45) is 0. The first-order valence-corrected chi connectivity index (χ1v) is 7.52. The van der Waals surface area contributed by atoms with Crippen molar-refractivity contribution >= 4 is 16.9 Å². The van der Waals surface area contributed by atoms with E-state index in [4.69, 9.17) is 14.2 Å². The van der Waals surface area contributed by atoms with Gasteiger partial charge in [-0.2, -0.15) is 0 Å². The zero-order valence-corrected chi connectivity index (χ0v) is 14.1. The lowest BCUT2D eigenvalue weighted by atomic mass is 10.0. The van der Waals surface area contributed by atoms with Crippen molar-refractivity contribution in [3.05, 3.63) is 48.0 Å². The van der Waals surface area contributed by atoms with E-state index in [9.17, 15) is 9.90 Å². The molecule has 0 aliphatic heterocycles. The Morgan fingerprint density at radius 1 is 0.920 bits per heavy atom. The van der Waals surface area contributed by atoms with Crippen LogP contribution < -0.4 is 14.2 Å². The summed E-state index contributed by atoms with van der Waals surface area (Å²) in [5.74, 6) is 0.631. The summed E-state index contributed by atoms with van der Waals surface area (Å²) in [4.78, 5) is 16.3. The van der Waals surface area contributed by atoms with Crippen molar-refractivity contribution in [2.75, 3.05) is 21.3 Å². The maximum atomic E-state index is 11.7. The van der Waals surface area contributed by atoms with Crippen LogP contribution in [0.15, 0.2) is 42.5 Å². The Bertz CT molecular complexity index is 935. The lowest BCUT2D eigenvalue weighted by Crippen LogP contribution is -2.01. The van der Waals surface area contributed by atoms with Crippen molar-refractivity contribution in [3.63, 3.8) is 0 Å². The average molecular weight is 339 g/mol. The van der Waals surface area contributed by atoms with Crippen molar-refractivity contribution in [2.45, 2.75) is 0 Å². The Morgan fingerprint density at radius 3 is 2.12 bits per heavy atom. The summed E-state index contributed by atoms with van der Waals surface area (Å²) in [7, 11) is 4.61. The van der Waals surface area contributed by atoms with Crippen LogP contribution in [0.25, 0.3) is 22.2 Å². The monoisotopic (exact) mass is 339 g/mol. The third-order valence-corrected chi connectivity index (χ3v) is 3.93. The number of ether oxygens (including phenoxy) is 3. The van der Waals surface area contributed by atoms with E-state index in [1.54, 1.807) is 37.4 Å². The summed E-state index contributed by atoms with van der Waals surface area (Å²) in [5, 5.41) is 10.1. The fraction of sp³-hybridized carbons (Fsp3) is 0.158. The maximum absolute atomic E-state index is 11.7. The topological polar surface area (TPSA) is 77.9 Å². The number of rotatable bonds is 5. The molecule has 2 aromatic carbocycles. The van der Waals surface area contributed by atoms with Gasteiger partial charge in [0, 0.05) is 17.0 Å². The van der Waals surface area contributed by atoms with Crippen LogP contribution >= 0.6 is 0 Å². The number of hydrogen-bond donors (Lipinski definition) is 1. The summed E-state index contributed by atoms with van der Waals surface area (Å²) >= 11 is 0. The number of carbonyl (C=O) groups is 1. The van der Waals surface area contributed by atoms with Gasteiger partial charge in [-0.15, -0.1) is 0 Å². The van der Waals surface area contributed by atoms with Crippen LogP contribution in [0.4, 0.5) is 0 Å². The van der Waals surface area contributed by atoms with Gasteiger partial charge in [0.25, 0.3) is 0 Å². The van der Waals surface area contributed by atoms with Gasteiger partial charge in [-0.1, -0.05) is 0 Å². The fourth-order valence-corrected chi connectivity index (χ4v) is 2.64. The first-order valence-electron chi connectivity index (χ1n) is 7.52. The lowest BCUT2D eigenvalue weighted by molar-refractivity contribution is 0.0699. The molecule has 0 radical (unpaired) electrons. The Balaban J connectivity index is 2.25. The Hall–Kier alpha value is -3.28. The number of benzene rings is 2. The second-order valence-corrected chi connectivity index (χ2v) is 5.31. The minimum absolute atomic E-state index is 0.150. The van der Waals surface area contributed by atoms with Gasteiger partial charge in [0.2, 0.25) is 0 Å². The molecule has 0 aliphatic carbocycles. The van der Waals surface area contributed by atoms with E-state index in [0.29, 0.717) is 28.1 Å². The molecule has 6 heteroatoms. The van der Waals surface area contributed by atoms with E-state index < -0.39 is 5.97 Å². The third kappa shape index (κ3) is 3.06. The summed E-state index contributed by atoms with van der Waals surface area (Å²) < 4.78 is 15.7. The first-order chi connectivity index (χ1) is 12.1. The number of carboxylic acid groups (broad SMARTS) is 1. The molecule has 0 unspecified atom stereocenters. The molecule has 1 N–H and O–H groups in total. The minimum Gasteiger partial charge on any atom is -0.497 e. The van der Waals surface area contributed by atoms with E-state index in [1.807, 2.05) is 12.1 Å². The van der Waals surface area contributed by atoms with Gasteiger partial charge in [0.1, 0.15) is 5.75 Å². The molecule has 1 aromatic heterocycles. The van der Waals surface area contributed by atoms with Crippen LogP contribution in [0.3, 0.4) is 0 Å². The number of hydrogen-bond acceptors (Lipinski definition) is 5. The molecule has 0 fully saturated rings. The SMILES string of the molecule is COc1ccc(-c2cc(C(=O)O)c3cc(OC)c(OC)cc3n2)cc1. The smallest absolute Gasteiger partial charge is 0.336 e. The number of fused-ring (bicyclic) bond motifs is 1. The van der Waals surface area contributed by atoms with Crippen LogP contribution in [0.1, 0.15) is 10.4 Å². The molecule has 3 rings (SSSR count). The molecule has 0 saturated heterocycles. The van der Waals surface area contributed by atoms with Crippen molar-refractivity contribution in [1.29, 1.82) is 0 Å². The maximum Gasteiger partial charge on any atom is 0.336 e. The van der Waals surface area contributed by atoms with E-state index in [1.165, 1.54) is 14.2 Å². The molecular formula is C19H17NO5. The molecular weight excluding hydrogens is 322 g/mol. The average Bonchev–Trinajstić information content (AvgIpc) is 2.65. The van der Waals surface area contributed by atoms with Gasteiger partial charge in [0.05, 0.1) is 38.1 Å². The molecule has 0 amide bonds. The van der Waals surface area contributed by atoms with Crippen molar-refractivity contribution in [3.8, 4) is 28.5 Å². The number of methoxy groups -OCH3 is 3. The van der Waals surface area contributed by atoms with E-state index in [2.05, 4.69) is 4.98 Å². The number of aromatic nitrogens is 1. The number of nitrogens with zero attached hydrogens (tertiary/aromatic N) is 1. The molecule has 0 atom stereocenters. The van der Waals surface area contributed by atoms with Gasteiger partial charge in [-0.25, -0.2) is 9.78 Å². The highest BCUT2D eigenvalue weighted by Crippen LogP contribution is 2.34. The second kappa shape index (κ2) is 6.68. The van der Waals surface area contributed by atoms with Crippen molar-refractivity contribution in [1.82, 2.24) is 4.98 Å². The molecule has 0 saturated carbocycles. The molecule has 128 valence electrons. The van der Waals surface area contributed by atoms with Crippen molar-refractivity contribution in [2.24, 2.45) is 0 Å². The number of aromatic carboxylic acids is 1. The predicted molar refractivity (Wildman–Crippen MR) is 93.8 cm³/mol. The van der Waals surface area contributed by atoms with Crippen LogP contribution in [0, 0.1) is 0 Å². The number of pyridine rings is 1. The zero-order chi connectivity index (χ0) is 18.0. The first kappa shape index (κ1) is 16.6. The number of carboxylic acids is 1. The highest BCUT2D eigenvalue weighted by atomic mass is 16.5. The molecule has 6 nitrogen and oxygen atoms in total. The molecule has 0 spiro atoms. The standard InChI is InChI=1S/C19H17NO5/c1-23-12-6-4-11(5-7-12)15-8-14(19(21)22)13-9-17(24-2)18(25-3)10-16(13)20-15/h4-10H,1-3H3,(H,21,22). The van der Waals surface area contributed by atoms with Crippen LogP contribution in [-0.2, 0) is 0 Å².